The number of nitrogens with one attached hydrogen (secondary N) is 2. The van der Waals surface area contributed by atoms with Gasteiger partial charge in [-0.05, 0) is 29.8 Å². The molecule has 0 heterocycles. The van der Waals surface area contributed by atoms with Gasteiger partial charge in [0, 0.05) is 10.5 Å². The summed E-state index contributed by atoms with van der Waals surface area (Å²) in [7, 11) is 4.41. The molecule has 2 amide bonds. The topological polar surface area (TPSA) is 85.9 Å². The highest BCUT2D eigenvalue weighted by molar-refractivity contribution is 8.00. The average molecular weight is 453 g/mol. The highest BCUT2D eigenvalue weighted by Gasteiger charge is 2.23. The average Bonchev–Trinajstić information content (AvgIpc) is 2.85. The van der Waals surface area contributed by atoms with Crippen LogP contribution in [-0.4, -0.2) is 33.1 Å². The molecule has 32 heavy (non-hydrogen) atoms. The van der Waals surface area contributed by atoms with Crippen LogP contribution in [0.3, 0.4) is 0 Å². The Morgan fingerprint density at radius 2 is 1.34 bits per heavy atom. The summed E-state index contributed by atoms with van der Waals surface area (Å²) in [5.41, 5.74) is 6.06. The third-order valence-corrected chi connectivity index (χ3v) is 5.83. The summed E-state index contributed by atoms with van der Waals surface area (Å²) < 4.78 is 15.8. The lowest BCUT2D eigenvalue weighted by Crippen LogP contribution is -2.43. The molecule has 0 bridgehead atoms. The number of carbonyl (C=O) groups is 2. The second-order valence-corrected chi connectivity index (χ2v) is 7.76. The van der Waals surface area contributed by atoms with Gasteiger partial charge in [0.2, 0.25) is 5.75 Å². The minimum absolute atomic E-state index is 0.242. The maximum absolute atomic E-state index is 13.0. The van der Waals surface area contributed by atoms with Crippen LogP contribution in [0, 0.1) is 0 Å². The largest absolute Gasteiger partial charge is 0.493 e. The fraction of sp³-hybridized carbons (Fsp3) is 0.167. The second-order valence-electron chi connectivity index (χ2n) is 6.58. The third kappa shape index (κ3) is 5.53. The van der Waals surface area contributed by atoms with Crippen molar-refractivity contribution in [3.05, 3.63) is 83.9 Å². The van der Waals surface area contributed by atoms with E-state index in [9.17, 15) is 9.59 Å². The molecule has 0 spiro atoms. The summed E-state index contributed by atoms with van der Waals surface area (Å²) in [4.78, 5) is 26.7. The van der Waals surface area contributed by atoms with Gasteiger partial charge in [0.1, 0.15) is 5.25 Å². The highest BCUT2D eigenvalue weighted by atomic mass is 32.2. The molecule has 7 nitrogen and oxygen atoms in total. The van der Waals surface area contributed by atoms with Crippen LogP contribution in [0.1, 0.15) is 21.2 Å². The summed E-state index contributed by atoms with van der Waals surface area (Å²) >= 11 is 1.39. The number of rotatable bonds is 8. The van der Waals surface area contributed by atoms with Crippen LogP contribution < -0.4 is 25.1 Å². The third-order valence-electron chi connectivity index (χ3n) is 4.56. The van der Waals surface area contributed by atoms with Crippen molar-refractivity contribution in [1.29, 1.82) is 0 Å². The molecule has 1 unspecified atom stereocenters. The van der Waals surface area contributed by atoms with Crippen LogP contribution >= 0.6 is 11.8 Å². The minimum Gasteiger partial charge on any atom is -0.493 e. The first kappa shape index (κ1) is 23.0. The van der Waals surface area contributed by atoms with Crippen molar-refractivity contribution in [3.8, 4) is 17.2 Å². The molecule has 0 fully saturated rings. The minimum atomic E-state index is -0.557. The summed E-state index contributed by atoms with van der Waals surface area (Å²) in [6.45, 7) is 0. The van der Waals surface area contributed by atoms with Gasteiger partial charge >= 0.3 is 0 Å². The number of carbonyl (C=O) groups excluding carboxylic acids is 2. The van der Waals surface area contributed by atoms with E-state index in [2.05, 4.69) is 10.9 Å². The van der Waals surface area contributed by atoms with E-state index in [0.29, 0.717) is 17.2 Å². The lowest BCUT2D eigenvalue weighted by molar-refractivity contribution is -0.121. The molecule has 1 atom stereocenters. The van der Waals surface area contributed by atoms with Crippen LogP contribution in [0.5, 0.6) is 17.2 Å². The van der Waals surface area contributed by atoms with E-state index in [4.69, 9.17) is 14.2 Å². The molecule has 0 aliphatic carbocycles. The van der Waals surface area contributed by atoms with Crippen molar-refractivity contribution >= 4 is 23.6 Å². The molecule has 166 valence electrons. The zero-order valence-corrected chi connectivity index (χ0v) is 18.8. The number of hydrogen-bond acceptors (Lipinski definition) is 6. The van der Waals surface area contributed by atoms with Gasteiger partial charge in [-0.3, -0.25) is 20.4 Å². The first-order valence-electron chi connectivity index (χ1n) is 9.74. The van der Waals surface area contributed by atoms with Gasteiger partial charge in [0.25, 0.3) is 11.8 Å². The first-order chi connectivity index (χ1) is 15.6. The fourth-order valence-corrected chi connectivity index (χ4v) is 4.05. The van der Waals surface area contributed by atoms with E-state index in [1.807, 2.05) is 60.7 Å². The molecule has 2 N–H and O–H groups in total. The van der Waals surface area contributed by atoms with Gasteiger partial charge in [-0.1, -0.05) is 48.5 Å². The zero-order chi connectivity index (χ0) is 22.9. The molecule has 0 saturated heterocycles. The summed E-state index contributed by atoms with van der Waals surface area (Å²) in [5.74, 6) is 0.175. The Bertz CT molecular complexity index is 1040. The Morgan fingerprint density at radius 1 is 0.781 bits per heavy atom. The predicted octanol–water partition coefficient (Wildman–Crippen LogP) is 4.01. The van der Waals surface area contributed by atoms with Gasteiger partial charge in [-0.15, -0.1) is 11.8 Å². The lowest BCUT2D eigenvalue weighted by Gasteiger charge is -2.18. The van der Waals surface area contributed by atoms with Crippen molar-refractivity contribution in [2.75, 3.05) is 21.3 Å². The van der Waals surface area contributed by atoms with Gasteiger partial charge in [0.05, 0.1) is 21.3 Å². The summed E-state index contributed by atoms with van der Waals surface area (Å²) in [6.07, 6.45) is 0. The molecule has 0 radical (unpaired) electrons. The Morgan fingerprint density at radius 3 is 1.88 bits per heavy atom. The van der Waals surface area contributed by atoms with Crippen LogP contribution in [0.4, 0.5) is 0 Å². The van der Waals surface area contributed by atoms with Gasteiger partial charge in [0.15, 0.2) is 11.5 Å². The molecule has 3 rings (SSSR count). The molecular weight excluding hydrogens is 428 g/mol. The van der Waals surface area contributed by atoms with Gasteiger partial charge in [-0.2, -0.15) is 0 Å². The number of hydrogen-bond donors (Lipinski definition) is 2. The summed E-state index contributed by atoms with van der Waals surface area (Å²) in [5, 5.41) is -0.557. The van der Waals surface area contributed by atoms with Crippen molar-refractivity contribution in [2.24, 2.45) is 0 Å². The molecule has 0 aliphatic rings. The van der Waals surface area contributed by atoms with Crippen molar-refractivity contribution in [2.45, 2.75) is 10.1 Å². The highest BCUT2D eigenvalue weighted by Crippen LogP contribution is 2.38. The number of methoxy groups -OCH3 is 3. The quantitative estimate of drug-likeness (QED) is 0.397. The first-order valence-corrected chi connectivity index (χ1v) is 10.6. The number of benzene rings is 3. The monoisotopic (exact) mass is 452 g/mol. The van der Waals surface area contributed by atoms with E-state index in [1.165, 1.54) is 45.2 Å². The number of ether oxygens (including phenoxy) is 3. The Hall–Kier alpha value is -3.65. The van der Waals surface area contributed by atoms with E-state index in [1.54, 1.807) is 0 Å². The SMILES string of the molecule is COc1cc(C(=O)NNC(=O)C(Sc2ccccc2)c2ccccc2)cc(OC)c1OC. The van der Waals surface area contributed by atoms with Gasteiger partial charge < -0.3 is 14.2 Å². The maximum atomic E-state index is 13.0. The van der Waals surface area contributed by atoms with Crippen LogP contribution in [0.25, 0.3) is 0 Å². The lowest BCUT2D eigenvalue weighted by atomic mass is 10.1. The Labute approximate surface area is 191 Å². The zero-order valence-electron chi connectivity index (χ0n) is 18.0. The molecule has 3 aromatic carbocycles. The maximum Gasteiger partial charge on any atom is 0.269 e. The van der Waals surface area contributed by atoms with E-state index < -0.39 is 11.2 Å². The van der Waals surface area contributed by atoms with E-state index >= 15 is 0 Å². The fourth-order valence-electron chi connectivity index (χ4n) is 3.00. The molecule has 0 saturated carbocycles. The second kappa shape index (κ2) is 11.1. The number of hydrazine groups is 1. The number of thioether (sulfide) groups is 1. The van der Waals surface area contributed by atoms with Crippen molar-refractivity contribution in [3.63, 3.8) is 0 Å². The molecule has 0 aromatic heterocycles. The Kier molecular flexibility index (Phi) is 7.99. The Balaban J connectivity index is 1.76. The van der Waals surface area contributed by atoms with Gasteiger partial charge in [-0.25, -0.2) is 0 Å². The normalized spacial score (nSPS) is 11.2. The van der Waals surface area contributed by atoms with Crippen molar-refractivity contribution in [1.82, 2.24) is 10.9 Å². The van der Waals surface area contributed by atoms with E-state index in [0.717, 1.165) is 10.5 Å². The molecule has 8 heteroatoms. The standard InChI is InChI=1S/C24H24N2O5S/c1-29-19-14-17(15-20(30-2)21(19)31-3)23(27)25-26-24(28)22(16-10-6-4-7-11-16)32-18-12-8-5-9-13-18/h4-15,22H,1-3H3,(H,25,27)(H,26,28). The molecular formula is C24H24N2O5S. The smallest absolute Gasteiger partial charge is 0.269 e. The van der Waals surface area contributed by atoms with Crippen LogP contribution in [0.2, 0.25) is 0 Å². The van der Waals surface area contributed by atoms with Crippen LogP contribution in [-0.2, 0) is 4.79 Å². The summed E-state index contributed by atoms with van der Waals surface area (Å²) in [6, 6.07) is 22.0. The molecule has 3 aromatic rings. The predicted molar refractivity (Wildman–Crippen MR) is 123 cm³/mol. The van der Waals surface area contributed by atoms with Crippen LogP contribution in [0.15, 0.2) is 77.7 Å². The van der Waals surface area contributed by atoms with E-state index in [-0.39, 0.29) is 11.5 Å². The van der Waals surface area contributed by atoms with Crippen molar-refractivity contribution < 1.29 is 23.8 Å². The number of amides is 2. The molecule has 0 aliphatic heterocycles.